The Bertz CT molecular complexity index is 266. The van der Waals surface area contributed by atoms with E-state index in [0.29, 0.717) is 11.8 Å². The van der Waals surface area contributed by atoms with Gasteiger partial charge in [-0.15, -0.1) is 0 Å². The molecule has 1 aromatic rings. The number of nitrogens with zero attached hydrogens (tertiary/aromatic N) is 1. The highest BCUT2D eigenvalue weighted by atomic mass is 16.5. The average molecular weight is 193 g/mol. The van der Waals surface area contributed by atoms with Crippen molar-refractivity contribution in [1.82, 2.24) is 4.98 Å². The summed E-state index contributed by atoms with van der Waals surface area (Å²) in [4.78, 5) is 4.38. The van der Waals surface area contributed by atoms with Crippen LogP contribution in [0, 0.1) is 5.92 Å². The molecule has 0 bridgehead atoms. The van der Waals surface area contributed by atoms with Gasteiger partial charge in [0.25, 0.3) is 0 Å². The molecule has 0 fully saturated rings. The molecule has 1 aromatic heterocycles. The van der Waals surface area contributed by atoms with Gasteiger partial charge in [0.1, 0.15) is 5.75 Å². The summed E-state index contributed by atoms with van der Waals surface area (Å²) in [7, 11) is 1.66. The molecule has 1 heterocycles. The van der Waals surface area contributed by atoms with Gasteiger partial charge in [0.15, 0.2) is 0 Å². The lowest BCUT2D eigenvalue weighted by Gasteiger charge is -2.13. The molecular weight excluding hydrogens is 174 g/mol. The number of pyridine rings is 1. The molecule has 0 N–H and O–H groups in total. The Kier molecular flexibility index (Phi) is 3.93. The second-order valence-corrected chi connectivity index (χ2v) is 4.15. The van der Waals surface area contributed by atoms with Crippen molar-refractivity contribution in [1.29, 1.82) is 0 Å². The fourth-order valence-electron chi connectivity index (χ4n) is 1.63. The first-order valence-electron chi connectivity index (χ1n) is 5.13. The van der Waals surface area contributed by atoms with Crippen molar-refractivity contribution in [2.75, 3.05) is 7.11 Å². The standard InChI is InChI=1S/C12H19NO/c1-9(2)7-10(3)12-6-5-11(14-4)8-13-12/h5-6,8-10H,7H2,1-4H3/t10-/m1/s1. The van der Waals surface area contributed by atoms with Crippen LogP contribution in [0.4, 0.5) is 0 Å². The van der Waals surface area contributed by atoms with E-state index >= 15 is 0 Å². The third-order valence-electron chi connectivity index (χ3n) is 2.32. The number of rotatable bonds is 4. The topological polar surface area (TPSA) is 22.1 Å². The van der Waals surface area contributed by atoms with Gasteiger partial charge in [0, 0.05) is 5.69 Å². The van der Waals surface area contributed by atoms with E-state index in [9.17, 15) is 0 Å². The number of hydrogen-bond acceptors (Lipinski definition) is 2. The normalized spacial score (nSPS) is 12.9. The van der Waals surface area contributed by atoms with E-state index in [1.54, 1.807) is 13.3 Å². The minimum absolute atomic E-state index is 0.529. The molecule has 0 spiro atoms. The maximum absolute atomic E-state index is 5.07. The minimum atomic E-state index is 0.529. The van der Waals surface area contributed by atoms with Gasteiger partial charge in [-0.1, -0.05) is 20.8 Å². The SMILES string of the molecule is COc1ccc([C@H](C)CC(C)C)nc1. The smallest absolute Gasteiger partial charge is 0.137 e. The molecule has 0 aliphatic carbocycles. The fourth-order valence-corrected chi connectivity index (χ4v) is 1.63. The Morgan fingerprint density at radius 3 is 2.43 bits per heavy atom. The Morgan fingerprint density at radius 2 is 2.00 bits per heavy atom. The highest BCUT2D eigenvalue weighted by Crippen LogP contribution is 2.22. The van der Waals surface area contributed by atoms with Gasteiger partial charge in [0.05, 0.1) is 13.3 Å². The van der Waals surface area contributed by atoms with Crippen molar-refractivity contribution >= 4 is 0 Å². The molecule has 0 saturated carbocycles. The van der Waals surface area contributed by atoms with Crippen LogP contribution >= 0.6 is 0 Å². The molecule has 0 unspecified atom stereocenters. The first-order valence-corrected chi connectivity index (χ1v) is 5.13. The zero-order valence-corrected chi connectivity index (χ0v) is 9.45. The highest BCUT2D eigenvalue weighted by Gasteiger charge is 2.08. The van der Waals surface area contributed by atoms with Crippen molar-refractivity contribution < 1.29 is 4.74 Å². The predicted octanol–water partition coefficient (Wildman–Crippen LogP) is 3.24. The minimum Gasteiger partial charge on any atom is -0.495 e. The molecule has 2 nitrogen and oxygen atoms in total. The van der Waals surface area contributed by atoms with Crippen LogP contribution in [-0.4, -0.2) is 12.1 Å². The van der Waals surface area contributed by atoms with Gasteiger partial charge in [-0.25, -0.2) is 0 Å². The molecule has 14 heavy (non-hydrogen) atoms. The Morgan fingerprint density at radius 1 is 1.29 bits per heavy atom. The largest absolute Gasteiger partial charge is 0.495 e. The van der Waals surface area contributed by atoms with Crippen LogP contribution in [0.1, 0.15) is 38.8 Å². The van der Waals surface area contributed by atoms with Crippen molar-refractivity contribution in [3.63, 3.8) is 0 Å². The third kappa shape index (κ3) is 3.02. The molecule has 1 atom stereocenters. The van der Waals surface area contributed by atoms with Crippen LogP contribution in [0.2, 0.25) is 0 Å². The van der Waals surface area contributed by atoms with Crippen LogP contribution in [0.5, 0.6) is 5.75 Å². The van der Waals surface area contributed by atoms with Gasteiger partial charge < -0.3 is 4.74 Å². The lowest BCUT2D eigenvalue weighted by atomic mass is 9.96. The van der Waals surface area contributed by atoms with Crippen LogP contribution in [0.25, 0.3) is 0 Å². The number of methoxy groups -OCH3 is 1. The van der Waals surface area contributed by atoms with Crippen LogP contribution in [0.3, 0.4) is 0 Å². The Labute approximate surface area is 86.3 Å². The van der Waals surface area contributed by atoms with Crippen LogP contribution in [-0.2, 0) is 0 Å². The van der Waals surface area contributed by atoms with Gasteiger partial charge in [-0.3, -0.25) is 4.98 Å². The second-order valence-electron chi connectivity index (χ2n) is 4.15. The molecule has 0 aromatic carbocycles. The summed E-state index contributed by atoms with van der Waals surface area (Å²) < 4.78 is 5.07. The zero-order chi connectivity index (χ0) is 10.6. The van der Waals surface area contributed by atoms with Crippen molar-refractivity contribution in [2.45, 2.75) is 33.1 Å². The van der Waals surface area contributed by atoms with Crippen molar-refractivity contribution in [3.8, 4) is 5.75 Å². The summed E-state index contributed by atoms with van der Waals surface area (Å²) in [6, 6.07) is 4.02. The van der Waals surface area contributed by atoms with Gasteiger partial charge >= 0.3 is 0 Å². The number of ether oxygens (including phenoxy) is 1. The average Bonchev–Trinajstić information content (AvgIpc) is 2.17. The predicted molar refractivity (Wildman–Crippen MR) is 58.7 cm³/mol. The summed E-state index contributed by atoms with van der Waals surface area (Å²) in [5.74, 6) is 2.07. The van der Waals surface area contributed by atoms with Crippen LogP contribution < -0.4 is 4.74 Å². The molecule has 2 heteroatoms. The first-order chi connectivity index (χ1) is 6.63. The molecule has 78 valence electrons. The van der Waals surface area contributed by atoms with Crippen LogP contribution in [0.15, 0.2) is 18.3 Å². The van der Waals surface area contributed by atoms with Crippen molar-refractivity contribution in [3.05, 3.63) is 24.0 Å². The van der Waals surface area contributed by atoms with Gasteiger partial charge in [0.2, 0.25) is 0 Å². The van der Waals surface area contributed by atoms with Crippen molar-refractivity contribution in [2.24, 2.45) is 5.92 Å². The van der Waals surface area contributed by atoms with E-state index in [4.69, 9.17) is 4.74 Å². The Balaban J connectivity index is 2.66. The molecule has 0 aliphatic heterocycles. The molecular formula is C12H19NO. The van der Waals surface area contributed by atoms with E-state index in [1.165, 1.54) is 6.42 Å². The zero-order valence-electron chi connectivity index (χ0n) is 9.45. The second kappa shape index (κ2) is 4.99. The Hall–Kier alpha value is -1.05. The quantitative estimate of drug-likeness (QED) is 0.732. The number of aromatic nitrogens is 1. The van der Waals surface area contributed by atoms with Gasteiger partial charge in [-0.05, 0) is 30.4 Å². The lowest BCUT2D eigenvalue weighted by molar-refractivity contribution is 0.412. The van der Waals surface area contributed by atoms with E-state index < -0.39 is 0 Å². The first kappa shape index (κ1) is 11.0. The summed E-state index contributed by atoms with van der Waals surface area (Å²) in [6.45, 7) is 6.69. The summed E-state index contributed by atoms with van der Waals surface area (Å²) in [5.41, 5.74) is 1.15. The molecule has 0 amide bonds. The maximum Gasteiger partial charge on any atom is 0.137 e. The summed E-state index contributed by atoms with van der Waals surface area (Å²) >= 11 is 0. The van der Waals surface area contributed by atoms with E-state index in [0.717, 1.165) is 11.4 Å². The van der Waals surface area contributed by atoms with E-state index in [-0.39, 0.29) is 0 Å². The third-order valence-corrected chi connectivity index (χ3v) is 2.32. The maximum atomic E-state index is 5.07. The summed E-state index contributed by atoms with van der Waals surface area (Å²) in [5, 5.41) is 0. The monoisotopic (exact) mass is 193 g/mol. The molecule has 0 radical (unpaired) electrons. The highest BCUT2D eigenvalue weighted by molar-refractivity contribution is 5.21. The fraction of sp³-hybridized carbons (Fsp3) is 0.583. The van der Waals surface area contributed by atoms with E-state index in [1.807, 2.05) is 12.1 Å². The lowest BCUT2D eigenvalue weighted by Crippen LogP contribution is -2.01. The summed E-state index contributed by atoms with van der Waals surface area (Å²) in [6.07, 6.45) is 2.96. The molecule has 1 rings (SSSR count). The number of hydrogen-bond donors (Lipinski definition) is 0. The van der Waals surface area contributed by atoms with E-state index in [2.05, 4.69) is 25.8 Å². The molecule has 0 saturated heterocycles. The van der Waals surface area contributed by atoms with Gasteiger partial charge in [-0.2, -0.15) is 0 Å². The molecule has 0 aliphatic rings.